The Kier molecular flexibility index (Phi) is 4.63. The van der Waals surface area contributed by atoms with Crippen LogP contribution in [0.15, 0.2) is 42.5 Å². The second kappa shape index (κ2) is 6.25. The van der Waals surface area contributed by atoms with Crippen molar-refractivity contribution >= 4 is 23.0 Å². The molecule has 0 aromatic heterocycles. The summed E-state index contributed by atoms with van der Waals surface area (Å²) in [5, 5.41) is 0.617. The molecule has 20 heavy (non-hydrogen) atoms. The van der Waals surface area contributed by atoms with Gasteiger partial charge in [0.25, 0.3) is 0 Å². The number of anilines is 2. The van der Waals surface area contributed by atoms with E-state index in [1.165, 1.54) is 12.1 Å². The maximum absolute atomic E-state index is 13.4. The summed E-state index contributed by atoms with van der Waals surface area (Å²) in [5.41, 5.74) is 8.46. The quantitative estimate of drug-likeness (QED) is 0.888. The minimum atomic E-state index is -0.260. The van der Waals surface area contributed by atoms with Crippen LogP contribution in [0.1, 0.15) is 25.5 Å². The molecule has 0 heterocycles. The van der Waals surface area contributed by atoms with Crippen molar-refractivity contribution in [3.8, 4) is 0 Å². The van der Waals surface area contributed by atoms with Crippen molar-refractivity contribution in [1.82, 2.24) is 0 Å². The van der Waals surface area contributed by atoms with Gasteiger partial charge in [0.15, 0.2) is 0 Å². The Balaban J connectivity index is 2.42. The van der Waals surface area contributed by atoms with Crippen molar-refractivity contribution in [3.63, 3.8) is 0 Å². The Morgan fingerprint density at radius 1 is 1.25 bits per heavy atom. The van der Waals surface area contributed by atoms with Crippen LogP contribution in [-0.4, -0.2) is 6.54 Å². The van der Waals surface area contributed by atoms with Gasteiger partial charge in [-0.2, -0.15) is 0 Å². The van der Waals surface area contributed by atoms with Crippen LogP contribution < -0.4 is 10.6 Å². The van der Waals surface area contributed by atoms with E-state index >= 15 is 0 Å². The van der Waals surface area contributed by atoms with Gasteiger partial charge in [0, 0.05) is 18.3 Å². The van der Waals surface area contributed by atoms with Crippen LogP contribution in [0.3, 0.4) is 0 Å². The molecule has 4 heteroatoms. The zero-order chi connectivity index (χ0) is 14.7. The molecule has 0 amide bonds. The van der Waals surface area contributed by atoms with Gasteiger partial charge in [0.05, 0.1) is 10.7 Å². The fourth-order valence-corrected chi connectivity index (χ4v) is 2.45. The summed E-state index contributed by atoms with van der Waals surface area (Å²) >= 11 is 6.35. The van der Waals surface area contributed by atoms with Crippen molar-refractivity contribution in [2.24, 2.45) is 5.73 Å². The largest absolute Gasteiger partial charge is 0.340 e. The monoisotopic (exact) mass is 292 g/mol. The molecular formula is C16H18ClFN2. The summed E-state index contributed by atoms with van der Waals surface area (Å²) in [5.74, 6) is -0.260. The van der Waals surface area contributed by atoms with E-state index in [9.17, 15) is 4.39 Å². The lowest BCUT2D eigenvalue weighted by Crippen LogP contribution is -2.17. The van der Waals surface area contributed by atoms with E-state index < -0.39 is 0 Å². The molecule has 2 nitrogen and oxygen atoms in total. The lowest BCUT2D eigenvalue weighted by Gasteiger charge is -2.25. The third kappa shape index (κ3) is 3.11. The number of hydrogen-bond donors (Lipinski definition) is 1. The van der Waals surface area contributed by atoms with Crippen molar-refractivity contribution in [1.29, 1.82) is 0 Å². The minimum absolute atomic E-state index is 0.0641. The smallest absolute Gasteiger partial charge is 0.125 e. The third-order valence-corrected chi connectivity index (χ3v) is 3.53. The molecular weight excluding hydrogens is 275 g/mol. The number of nitrogens with zero attached hydrogens (tertiary/aromatic N) is 1. The predicted molar refractivity (Wildman–Crippen MR) is 83.1 cm³/mol. The number of rotatable bonds is 4. The molecule has 106 valence electrons. The van der Waals surface area contributed by atoms with E-state index in [1.807, 2.05) is 43.0 Å². The molecule has 0 aliphatic rings. The minimum Gasteiger partial charge on any atom is -0.340 e. The lowest BCUT2D eigenvalue weighted by atomic mass is 10.1. The van der Waals surface area contributed by atoms with Gasteiger partial charge >= 0.3 is 0 Å². The van der Waals surface area contributed by atoms with Crippen LogP contribution in [0.4, 0.5) is 15.8 Å². The standard InChI is InChI=1S/C16H18ClFN2/c1-3-20(14-6-4-5-13(18)10-14)16-8-7-12(11(2)19)9-15(16)17/h4-11H,3,19H2,1-2H3. The molecule has 2 N–H and O–H groups in total. The molecule has 2 aromatic carbocycles. The van der Waals surface area contributed by atoms with E-state index in [0.717, 1.165) is 16.9 Å². The number of benzene rings is 2. The maximum atomic E-state index is 13.4. The summed E-state index contributed by atoms with van der Waals surface area (Å²) in [6.07, 6.45) is 0. The summed E-state index contributed by atoms with van der Waals surface area (Å²) < 4.78 is 13.4. The summed E-state index contributed by atoms with van der Waals surface area (Å²) in [6.45, 7) is 4.61. The Morgan fingerprint density at radius 2 is 2.00 bits per heavy atom. The van der Waals surface area contributed by atoms with Gasteiger partial charge in [-0.05, 0) is 49.7 Å². The van der Waals surface area contributed by atoms with E-state index in [0.29, 0.717) is 11.6 Å². The first-order chi connectivity index (χ1) is 9.52. The normalized spacial score (nSPS) is 12.2. The Morgan fingerprint density at radius 3 is 2.55 bits per heavy atom. The third-order valence-electron chi connectivity index (χ3n) is 3.22. The van der Waals surface area contributed by atoms with Gasteiger partial charge in [0.1, 0.15) is 5.82 Å². The fraction of sp³-hybridized carbons (Fsp3) is 0.250. The molecule has 2 rings (SSSR count). The molecule has 0 radical (unpaired) electrons. The SMILES string of the molecule is CCN(c1cccc(F)c1)c1ccc(C(C)N)cc1Cl. The zero-order valence-electron chi connectivity index (χ0n) is 11.6. The summed E-state index contributed by atoms with van der Waals surface area (Å²) in [6, 6.07) is 12.2. The predicted octanol–water partition coefficient (Wildman–Crippen LogP) is 4.66. The first-order valence-corrected chi connectivity index (χ1v) is 6.99. The first-order valence-electron chi connectivity index (χ1n) is 6.61. The van der Waals surface area contributed by atoms with Crippen LogP contribution in [0, 0.1) is 5.82 Å². The van der Waals surface area contributed by atoms with E-state index in [1.54, 1.807) is 6.07 Å². The Bertz CT molecular complexity index is 599. The maximum Gasteiger partial charge on any atom is 0.125 e. The van der Waals surface area contributed by atoms with E-state index in [2.05, 4.69) is 0 Å². The molecule has 0 bridgehead atoms. The van der Waals surface area contributed by atoms with Gasteiger partial charge in [-0.25, -0.2) is 4.39 Å². The number of hydrogen-bond acceptors (Lipinski definition) is 2. The van der Waals surface area contributed by atoms with Crippen molar-refractivity contribution < 1.29 is 4.39 Å². The van der Waals surface area contributed by atoms with Crippen LogP contribution in [0.5, 0.6) is 0 Å². The van der Waals surface area contributed by atoms with Gasteiger partial charge in [0.2, 0.25) is 0 Å². The first kappa shape index (κ1) is 14.8. The highest BCUT2D eigenvalue weighted by atomic mass is 35.5. The summed E-state index contributed by atoms with van der Waals surface area (Å²) in [7, 11) is 0. The van der Waals surface area contributed by atoms with Gasteiger partial charge in [-0.15, -0.1) is 0 Å². The average Bonchev–Trinajstić information content (AvgIpc) is 2.41. The lowest BCUT2D eigenvalue weighted by molar-refractivity contribution is 0.627. The Labute approximate surface area is 124 Å². The second-order valence-electron chi connectivity index (χ2n) is 4.72. The molecule has 0 spiro atoms. The highest BCUT2D eigenvalue weighted by molar-refractivity contribution is 6.33. The van der Waals surface area contributed by atoms with Gasteiger partial charge in [-0.3, -0.25) is 0 Å². The molecule has 0 aliphatic carbocycles. The zero-order valence-corrected chi connectivity index (χ0v) is 12.4. The fourth-order valence-electron chi connectivity index (χ4n) is 2.16. The molecule has 2 aromatic rings. The average molecular weight is 293 g/mol. The van der Waals surface area contributed by atoms with E-state index in [-0.39, 0.29) is 11.9 Å². The Hall–Kier alpha value is -1.58. The number of halogens is 2. The van der Waals surface area contributed by atoms with Crippen molar-refractivity contribution in [2.75, 3.05) is 11.4 Å². The molecule has 1 atom stereocenters. The molecule has 0 aliphatic heterocycles. The molecule has 0 saturated heterocycles. The topological polar surface area (TPSA) is 29.3 Å². The van der Waals surface area contributed by atoms with E-state index in [4.69, 9.17) is 17.3 Å². The van der Waals surface area contributed by atoms with Crippen molar-refractivity contribution in [2.45, 2.75) is 19.9 Å². The summed E-state index contributed by atoms with van der Waals surface area (Å²) in [4.78, 5) is 1.97. The molecule has 0 fully saturated rings. The van der Waals surface area contributed by atoms with Crippen molar-refractivity contribution in [3.05, 3.63) is 58.9 Å². The van der Waals surface area contributed by atoms with Crippen LogP contribution in [-0.2, 0) is 0 Å². The van der Waals surface area contributed by atoms with Gasteiger partial charge in [-0.1, -0.05) is 23.7 Å². The van der Waals surface area contributed by atoms with Crippen LogP contribution in [0.25, 0.3) is 0 Å². The van der Waals surface area contributed by atoms with Crippen LogP contribution in [0.2, 0.25) is 5.02 Å². The van der Waals surface area contributed by atoms with Gasteiger partial charge < -0.3 is 10.6 Å². The second-order valence-corrected chi connectivity index (χ2v) is 5.13. The molecule has 0 saturated carbocycles. The van der Waals surface area contributed by atoms with Crippen LogP contribution >= 0.6 is 11.6 Å². The number of nitrogens with two attached hydrogens (primary N) is 1. The highest BCUT2D eigenvalue weighted by Gasteiger charge is 2.13. The molecule has 1 unspecified atom stereocenters. The highest BCUT2D eigenvalue weighted by Crippen LogP contribution is 2.33.